The van der Waals surface area contributed by atoms with E-state index >= 15 is 0 Å². The molecule has 2 N–H and O–H groups in total. The lowest BCUT2D eigenvalue weighted by atomic mass is 9.99. The lowest BCUT2D eigenvalue weighted by molar-refractivity contribution is 0.377. The molecular formula is C14H21NO2. The Morgan fingerprint density at radius 2 is 1.82 bits per heavy atom. The molecule has 94 valence electrons. The van der Waals surface area contributed by atoms with Crippen LogP contribution < -0.4 is 15.2 Å². The van der Waals surface area contributed by atoms with Crippen LogP contribution in [0.4, 0.5) is 0 Å². The van der Waals surface area contributed by atoms with Crippen LogP contribution in [-0.2, 0) is 0 Å². The van der Waals surface area contributed by atoms with E-state index in [4.69, 9.17) is 15.2 Å². The highest BCUT2D eigenvalue weighted by Gasteiger charge is 2.16. The van der Waals surface area contributed by atoms with Gasteiger partial charge in [-0.25, -0.2) is 0 Å². The van der Waals surface area contributed by atoms with Crippen LogP contribution in [0.25, 0.3) is 0 Å². The van der Waals surface area contributed by atoms with Gasteiger partial charge >= 0.3 is 0 Å². The first-order chi connectivity index (χ1) is 8.10. The molecule has 0 aliphatic heterocycles. The molecule has 1 aromatic rings. The topological polar surface area (TPSA) is 44.5 Å². The van der Waals surface area contributed by atoms with Crippen LogP contribution in [0.1, 0.15) is 31.4 Å². The van der Waals surface area contributed by atoms with E-state index < -0.39 is 0 Å². The standard InChI is InChI=1S/C14H21NO2/c1-10(2)8-9-11(15)14-12(16-3)6-5-7-13(14)17-4/h5-7,11H,1,8-9,15H2,2-4H3. The predicted octanol–water partition coefficient (Wildman–Crippen LogP) is 3.06. The molecule has 0 amide bonds. The van der Waals surface area contributed by atoms with Crippen LogP contribution in [0, 0.1) is 0 Å². The van der Waals surface area contributed by atoms with Crippen molar-refractivity contribution in [2.24, 2.45) is 5.73 Å². The maximum Gasteiger partial charge on any atom is 0.127 e. The van der Waals surface area contributed by atoms with Gasteiger partial charge in [0.2, 0.25) is 0 Å². The van der Waals surface area contributed by atoms with Gasteiger partial charge in [-0.3, -0.25) is 0 Å². The van der Waals surface area contributed by atoms with E-state index in [9.17, 15) is 0 Å². The molecular weight excluding hydrogens is 214 g/mol. The molecule has 0 aliphatic carbocycles. The Kier molecular flexibility index (Phi) is 5.04. The van der Waals surface area contributed by atoms with Crippen molar-refractivity contribution in [3.8, 4) is 11.5 Å². The maximum absolute atomic E-state index is 6.19. The Morgan fingerprint density at radius 1 is 1.29 bits per heavy atom. The molecule has 0 spiro atoms. The van der Waals surface area contributed by atoms with Gasteiger partial charge in [0.05, 0.1) is 19.8 Å². The molecule has 0 bridgehead atoms. The van der Waals surface area contributed by atoms with E-state index in [0.717, 1.165) is 35.5 Å². The van der Waals surface area contributed by atoms with Crippen LogP contribution in [0.15, 0.2) is 30.4 Å². The molecule has 0 saturated carbocycles. The Balaban J connectivity index is 2.96. The summed E-state index contributed by atoms with van der Waals surface area (Å²) in [5.41, 5.74) is 8.26. The molecule has 17 heavy (non-hydrogen) atoms. The predicted molar refractivity (Wildman–Crippen MR) is 70.5 cm³/mol. The lowest BCUT2D eigenvalue weighted by Crippen LogP contribution is -2.13. The number of nitrogens with two attached hydrogens (primary N) is 1. The first-order valence-electron chi connectivity index (χ1n) is 5.71. The average molecular weight is 235 g/mol. The summed E-state index contributed by atoms with van der Waals surface area (Å²) in [5, 5.41) is 0. The number of allylic oxidation sites excluding steroid dienone is 1. The lowest BCUT2D eigenvalue weighted by Gasteiger charge is -2.18. The fourth-order valence-electron chi connectivity index (χ4n) is 1.79. The first kappa shape index (κ1) is 13.6. The van der Waals surface area contributed by atoms with Gasteiger partial charge in [-0.1, -0.05) is 11.6 Å². The largest absolute Gasteiger partial charge is 0.496 e. The van der Waals surface area contributed by atoms with E-state index in [1.165, 1.54) is 0 Å². The summed E-state index contributed by atoms with van der Waals surface area (Å²) in [7, 11) is 3.29. The van der Waals surface area contributed by atoms with Crippen LogP contribution in [0.2, 0.25) is 0 Å². The third kappa shape index (κ3) is 3.49. The molecule has 0 radical (unpaired) electrons. The van der Waals surface area contributed by atoms with Gasteiger partial charge in [0.25, 0.3) is 0 Å². The molecule has 1 rings (SSSR count). The molecule has 1 atom stereocenters. The number of benzene rings is 1. The van der Waals surface area contributed by atoms with E-state index in [0.29, 0.717) is 0 Å². The summed E-state index contributed by atoms with van der Waals surface area (Å²) in [6, 6.07) is 5.60. The number of methoxy groups -OCH3 is 2. The van der Waals surface area contributed by atoms with Crippen LogP contribution >= 0.6 is 0 Å². The summed E-state index contributed by atoms with van der Waals surface area (Å²) in [4.78, 5) is 0. The second kappa shape index (κ2) is 6.30. The summed E-state index contributed by atoms with van der Waals surface area (Å²) in [5.74, 6) is 1.55. The Bertz CT molecular complexity index is 366. The second-order valence-corrected chi connectivity index (χ2v) is 4.18. The van der Waals surface area contributed by atoms with Gasteiger partial charge in [-0.2, -0.15) is 0 Å². The normalized spacial score (nSPS) is 12.0. The molecule has 1 unspecified atom stereocenters. The number of hydrogen-bond donors (Lipinski definition) is 1. The molecule has 0 aliphatic rings. The zero-order valence-electron chi connectivity index (χ0n) is 10.8. The van der Waals surface area contributed by atoms with Gasteiger partial charge in [-0.15, -0.1) is 6.58 Å². The Labute approximate surface area is 103 Å². The van der Waals surface area contributed by atoms with Gasteiger partial charge in [-0.05, 0) is 31.9 Å². The maximum atomic E-state index is 6.19. The Morgan fingerprint density at radius 3 is 2.24 bits per heavy atom. The molecule has 0 heterocycles. The van der Waals surface area contributed by atoms with Gasteiger partial charge in [0.1, 0.15) is 11.5 Å². The van der Waals surface area contributed by atoms with Crippen molar-refractivity contribution < 1.29 is 9.47 Å². The third-order valence-corrected chi connectivity index (χ3v) is 2.72. The minimum Gasteiger partial charge on any atom is -0.496 e. The summed E-state index contributed by atoms with van der Waals surface area (Å²) in [6.45, 7) is 5.89. The zero-order valence-corrected chi connectivity index (χ0v) is 10.8. The van der Waals surface area contributed by atoms with E-state index in [-0.39, 0.29) is 6.04 Å². The van der Waals surface area contributed by atoms with Crippen LogP contribution in [-0.4, -0.2) is 14.2 Å². The molecule has 0 fully saturated rings. The quantitative estimate of drug-likeness (QED) is 0.771. The highest BCUT2D eigenvalue weighted by atomic mass is 16.5. The molecule has 1 aromatic carbocycles. The summed E-state index contributed by atoms with van der Waals surface area (Å²) < 4.78 is 10.7. The minimum absolute atomic E-state index is 0.0993. The minimum atomic E-state index is -0.0993. The van der Waals surface area contributed by atoms with Gasteiger partial charge in [0.15, 0.2) is 0 Å². The highest BCUT2D eigenvalue weighted by Crippen LogP contribution is 2.35. The van der Waals surface area contributed by atoms with Crippen LogP contribution in [0.3, 0.4) is 0 Å². The van der Waals surface area contributed by atoms with E-state index in [1.807, 2.05) is 25.1 Å². The number of ether oxygens (including phenoxy) is 2. The van der Waals surface area contributed by atoms with Gasteiger partial charge < -0.3 is 15.2 Å². The van der Waals surface area contributed by atoms with Crippen molar-refractivity contribution in [1.29, 1.82) is 0 Å². The highest BCUT2D eigenvalue weighted by molar-refractivity contribution is 5.46. The van der Waals surface area contributed by atoms with Crippen molar-refractivity contribution in [3.05, 3.63) is 35.9 Å². The number of hydrogen-bond acceptors (Lipinski definition) is 3. The summed E-state index contributed by atoms with van der Waals surface area (Å²) in [6.07, 6.45) is 1.74. The monoisotopic (exact) mass is 235 g/mol. The fourth-order valence-corrected chi connectivity index (χ4v) is 1.79. The van der Waals surface area contributed by atoms with Crippen molar-refractivity contribution >= 4 is 0 Å². The summed E-state index contributed by atoms with van der Waals surface area (Å²) >= 11 is 0. The fraction of sp³-hybridized carbons (Fsp3) is 0.429. The SMILES string of the molecule is C=C(C)CCC(N)c1c(OC)cccc1OC. The van der Waals surface area contributed by atoms with Crippen molar-refractivity contribution in [2.45, 2.75) is 25.8 Å². The smallest absolute Gasteiger partial charge is 0.127 e. The first-order valence-corrected chi connectivity index (χ1v) is 5.71. The Hall–Kier alpha value is -1.48. The van der Waals surface area contributed by atoms with Crippen molar-refractivity contribution in [2.75, 3.05) is 14.2 Å². The second-order valence-electron chi connectivity index (χ2n) is 4.18. The van der Waals surface area contributed by atoms with Crippen molar-refractivity contribution in [1.82, 2.24) is 0 Å². The average Bonchev–Trinajstić information content (AvgIpc) is 2.34. The molecule has 3 heteroatoms. The number of rotatable bonds is 6. The van der Waals surface area contributed by atoms with E-state index in [2.05, 4.69) is 6.58 Å². The molecule has 0 aromatic heterocycles. The molecule has 0 saturated heterocycles. The van der Waals surface area contributed by atoms with Gasteiger partial charge in [0, 0.05) is 6.04 Å². The third-order valence-electron chi connectivity index (χ3n) is 2.72. The van der Waals surface area contributed by atoms with E-state index in [1.54, 1.807) is 14.2 Å². The van der Waals surface area contributed by atoms with Crippen LogP contribution in [0.5, 0.6) is 11.5 Å². The zero-order chi connectivity index (χ0) is 12.8. The van der Waals surface area contributed by atoms with Crippen molar-refractivity contribution in [3.63, 3.8) is 0 Å². The molecule has 3 nitrogen and oxygen atoms in total.